The van der Waals surface area contributed by atoms with Crippen LogP contribution in [0.15, 0.2) is 53.3 Å². The van der Waals surface area contributed by atoms with E-state index in [-0.39, 0.29) is 17.5 Å². The Labute approximate surface area is 138 Å². The average molecular weight is 324 g/mol. The van der Waals surface area contributed by atoms with Crippen LogP contribution in [0.5, 0.6) is 0 Å². The molecule has 1 saturated heterocycles. The molecule has 0 N–H and O–H groups in total. The summed E-state index contributed by atoms with van der Waals surface area (Å²) in [6.45, 7) is 1.19. The minimum absolute atomic E-state index is 0.0184. The highest BCUT2D eigenvalue weighted by Gasteiger charge is 2.20. The molecule has 4 nitrogen and oxygen atoms in total. The van der Waals surface area contributed by atoms with Gasteiger partial charge in [0.1, 0.15) is 11.6 Å². The topological polar surface area (TPSA) is 44.1 Å². The maximum atomic E-state index is 13.3. The molecule has 24 heavy (non-hydrogen) atoms. The predicted molar refractivity (Wildman–Crippen MR) is 90.4 cm³/mol. The number of fused-ring (bicyclic) bond motifs is 1. The third kappa shape index (κ3) is 2.71. The van der Waals surface area contributed by atoms with Gasteiger partial charge in [-0.1, -0.05) is 12.1 Å². The van der Waals surface area contributed by atoms with Crippen LogP contribution in [0, 0.1) is 5.82 Å². The number of rotatable bonds is 3. The number of hydrogen-bond acceptors (Lipinski definition) is 3. The fourth-order valence-electron chi connectivity index (χ4n) is 3.15. The van der Waals surface area contributed by atoms with Crippen LogP contribution in [0.3, 0.4) is 0 Å². The quantitative estimate of drug-likeness (QED) is 0.742. The molecule has 5 heteroatoms. The van der Waals surface area contributed by atoms with Crippen LogP contribution in [0.2, 0.25) is 0 Å². The van der Waals surface area contributed by atoms with Gasteiger partial charge < -0.3 is 4.74 Å². The SMILES string of the molecule is O=c1c2ccccc2nc(-c2ccc(F)cc2)n1C[C@@H]1CCCO1. The van der Waals surface area contributed by atoms with Gasteiger partial charge in [0, 0.05) is 12.2 Å². The second-order valence-electron chi connectivity index (χ2n) is 6.01. The normalized spacial score (nSPS) is 17.5. The van der Waals surface area contributed by atoms with Gasteiger partial charge in [-0.25, -0.2) is 9.37 Å². The van der Waals surface area contributed by atoms with Gasteiger partial charge in [0.15, 0.2) is 0 Å². The second kappa shape index (κ2) is 6.17. The number of hydrogen-bond donors (Lipinski definition) is 0. The standard InChI is InChI=1S/C19H17FN2O2/c20-14-9-7-13(8-10-14)18-21-17-6-2-1-5-16(17)19(23)22(18)12-15-4-3-11-24-15/h1-2,5-10,15H,3-4,11-12H2/t15-/m0/s1. The summed E-state index contributed by atoms with van der Waals surface area (Å²) in [5.74, 6) is 0.238. The molecule has 0 aliphatic carbocycles. The Bertz CT molecular complexity index is 928. The largest absolute Gasteiger partial charge is 0.376 e. The first-order chi connectivity index (χ1) is 11.7. The van der Waals surface area contributed by atoms with Crippen molar-refractivity contribution in [1.29, 1.82) is 0 Å². The van der Waals surface area contributed by atoms with Crippen molar-refractivity contribution in [3.05, 3.63) is 64.7 Å². The molecule has 1 aliphatic rings. The summed E-state index contributed by atoms with van der Waals surface area (Å²) < 4.78 is 20.6. The molecular weight excluding hydrogens is 307 g/mol. The van der Waals surface area contributed by atoms with Crippen molar-refractivity contribution in [2.45, 2.75) is 25.5 Å². The van der Waals surface area contributed by atoms with Crippen molar-refractivity contribution in [1.82, 2.24) is 9.55 Å². The summed E-state index contributed by atoms with van der Waals surface area (Å²) in [6.07, 6.45) is 1.96. The van der Waals surface area contributed by atoms with Crippen molar-refractivity contribution in [3.63, 3.8) is 0 Å². The number of halogens is 1. The Kier molecular flexibility index (Phi) is 3.86. The minimum Gasteiger partial charge on any atom is -0.376 e. The van der Waals surface area contributed by atoms with Crippen LogP contribution in [0.25, 0.3) is 22.3 Å². The number of aromatic nitrogens is 2. The summed E-state index contributed by atoms with van der Waals surface area (Å²) >= 11 is 0. The predicted octanol–water partition coefficient (Wildman–Crippen LogP) is 3.38. The van der Waals surface area contributed by atoms with Crippen molar-refractivity contribution in [3.8, 4) is 11.4 Å². The van der Waals surface area contributed by atoms with Crippen molar-refractivity contribution < 1.29 is 9.13 Å². The minimum atomic E-state index is -0.312. The monoisotopic (exact) mass is 324 g/mol. The molecule has 1 atom stereocenters. The summed E-state index contributed by atoms with van der Waals surface area (Å²) in [6, 6.07) is 13.4. The van der Waals surface area contributed by atoms with E-state index in [4.69, 9.17) is 4.74 Å². The van der Waals surface area contributed by atoms with Crippen LogP contribution in [0.4, 0.5) is 4.39 Å². The zero-order chi connectivity index (χ0) is 16.5. The molecule has 0 radical (unpaired) electrons. The van der Waals surface area contributed by atoms with Gasteiger partial charge in [0.25, 0.3) is 5.56 Å². The van der Waals surface area contributed by atoms with E-state index < -0.39 is 0 Å². The summed E-state index contributed by atoms with van der Waals surface area (Å²) in [4.78, 5) is 17.6. The maximum absolute atomic E-state index is 13.3. The Morgan fingerprint density at radius 1 is 1.17 bits per heavy atom. The Hall–Kier alpha value is -2.53. The Balaban J connectivity index is 1.91. The third-order valence-corrected chi connectivity index (χ3v) is 4.37. The first-order valence-corrected chi connectivity index (χ1v) is 8.09. The lowest BCUT2D eigenvalue weighted by molar-refractivity contribution is 0.0965. The van der Waals surface area contributed by atoms with Gasteiger partial charge in [-0.2, -0.15) is 0 Å². The second-order valence-corrected chi connectivity index (χ2v) is 6.01. The van der Waals surface area contributed by atoms with E-state index in [9.17, 15) is 9.18 Å². The number of benzene rings is 2. The average Bonchev–Trinajstić information content (AvgIpc) is 3.11. The van der Waals surface area contributed by atoms with E-state index in [2.05, 4.69) is 4.98 Å². The molecule has 0 amide bonds. The molecule has 0 spiro atoms. The summed E-state index contributed by atoms with van der Waals surface area (Å²) in [7, 11) is 0. The van der Waals surface area contributed by atoms with Gasteiger partial charge in [0.2, 0.25) is 0 Å². The molecule has 2 heterocycles. The maximum Gasteiger partial charge on any atom is 0.261 e. The third-order valence-electron chi connectivity index (χ3n) is 4.37. The molecular formula is C19H17FN2O2. The van der Waals surface area contributed by atoms with Crippen LogP contribution in [-0.4, -0.2) is 22.3 Å². The molecule has 2 aromatic carbocycles. The van der Waals surface area contributed by atoms with Gasteiger partial charge in [-0.15, -0.1) is 0 Å². The van der Waals surface area contributed by atoms with Crippen molar-refractivity contribution in [2.75, 3.05) is 6.61 Å². The number of para-hydroxylation sites is 1. The lowest BCUT2D eigenvalue weighted by Crippen LogP contribution is -2.28. The summed E-state index contributed by atoms with van der Waals surface area (Å²) in [5, 5.41) is 0.585. The van der Waals surface area contributed by atoms with Crippen LogP contribution in [0.1, 0.15) is 12.8 Å². The van der Waals surface area contributed by atoms with Crippen LogP contribution in [-0.2, 0) is 11.3 Å². The highest BCUT2D eigenvalue weighted by molar-refractivity contribution is 5.79. The number of nitrogens with zero attached hydrogens (tertiary/aromatic N) is 2. The van der Waals surface area contributed by atoms with E-state index in [0.29, 0.717) is 23.3 Å². The lowest BCUT2D eigenvalue weighted by Gasteiger charge is -2.17. The van der Waals surface area contributed by atoms with Gasteiger partial charge >= 0.3 is 0 Å². The van der Waals surface area contributed by atoms with Crippen molar-refractivity contribution >= 4 is 10.9 Å². The van der Waals surface area contributed by atoms with E-state index in [1.807, 2.05) is 18.2 Å². The molecule has 1 fully saturated rings. The van der Waals surface area contributed by atoms with E-state index in [0.717, 1.165) is 25.0 Å². The highest BCUT2D eigenvalue weighted by atomic mass is 19.1. The van der Waals surface area contributed by atoms with Crippen LogP contribution < -0.4 is 5.56 Å². The van der Waals surface area contributed by atoms with Crippen molar-refractivity contribution in [2.24, 2.45) is 0 Å². The first-order valence-electron chi connectivity index (χ1n) is 8.09. The molecule has 0 bridgehead atoms. The first kappa shape index (κ1) is 15.0. The lowest BCUT2D eigenvalue weighted by atomic mass is 10.1. The highest BCUT2D eigenvalue weighted by Crippen LogP contribution is 2.22. The fraction of sp³-hybridized carbons (Fsp3) is 0.263. The van der Waals surface area contributed by atoms with E-state index in [1.165, 1.54) is 12.1 Å². The molecule has 4 rings (SSSR count). The molecule has 3 aromatic rings. The molecule has 1 aliphatic heterocycles. The van der Waals surface area contributed by atoms with Gasteiger partial charge in [0.05, 0.1) is 23.6 Å². The smallest absolute Gasteiger partial charge is 0.261 e. The van der Waals surface area contributed by atoms with E-state index in [1.54, 1.807) is 22.8 Å². The Morgan fingerprint density at radius 3 is 2.71 bits per heavy atom. The zero-order valence-corrected chi connectivity index (χ0v) is 13.1. The molecule has 122 valence electrons. The van der Waals surface area contributed by atoms with Gasteiger partial charge in [-0.05, 0) is 49.2 Å². The zero-order valence-electron chi connectivity index (χ0n) is 13.1. The molecule has 0 saturated carbocycles. The van der Waals surface area contributed by atoms with Gasteiger partial charge in [-0.3, -0.25) is 9.36 Å². The molecule has 0 unspecified atom stereocenters. The molecule has 1 aromatic heterocycles. The Morgan fingerprint density at radius 2 is 1.96 bits per heavy atom. The summed E-state index contributed by atoms with van der Waals surface area (Å²) in [5.41, 5.74) is 1.28. The fourth-order valence-corrected chi connectivity index (χ4v) is 3.15. The van der Waals surface area contributed by atoms with Crippen LogP contribution >= 0.6 is 0 Å². The number of ether oxygens (including phenoxy) is 1. The van der Waals surface area contributed by atoms with E-state index >= 15 is 0 Å².